The highest BCUT2D eigenvalue weighted by Crippen LogP contribution is 2.34. The standard InChI is InChI=1S/C18H15N3O7S/c1-8-13-16(22)19-9(2)20-17(13)29-15(8)18(23)27-6-11-4-12(21(24)25)3-10-5-26-7-28-14(10)11/h3-4H,5-7H2,1-2H3,(H,19,20,22). The molecule has 11 heteroatoms. The number of fused-ring (bicyclic) bond motifs is 2. The lowest BCUT2D eigenvalue weighted by molar-refractivity contribution is -0.385. The number of esters is 1. The van der Waals surface area contributed by atoms with Crippen molar-refractivity contribution in [3.05, 3.63) is 60.0 Å². The third-order valence-electron chi connectivity index (χ3n) is 4.45. The van der Waals surface area contributed by atoms with Gasteiger partial charge in [-0.25, -0.2) is 9.78 Å². The van der Waals surface area contributed by atoms with Crippen molar-refractivity contribution < 1.29 is 23.9 Å². The Hall–Kier alpha value is -3.31. The average Bonchev–Trinajstić information content (AvgIpc) is 3.02. The first-order chi connectivity index (χ1) is 13.8. The van der Waals surface area contributed by atoms with Crippen molar-refractivity contribution in [2.24, 2.45) is 0 Å². The number of thiophene rings is 1. The highest BCUT2D eigenvalue weighted by Gasteiger charge is 2.24. The smallest absolute Gasteiger partial charge is 0.349 e. The number of nitrogens with one attached hydrogen (secondary N) is 1. The van der Waals surface area contributed by atoms with Crippen LogP contribution in [0.2, 0.25) is 0 Å². The van der Waals surface area contributed by atoms with Gasteiger partial charge in [0.2, 0.25) is 0 Å². The second kappa shape index (κ2) is 7.26. The molecule has 1 aliphatic heterocycles. The third kappa shape index (κ3) is 3.45. The molecule has 0 spiro atoms. The number of hydrogen-bond donors (Lipinski definition) is 1. The number of carbonyl (C=O) groups is 1. The number of nitrogens with zero attached hydrogens (tertiary/aromatic N) is 2. The van der Waals surface area contributed by atoms with Crippen LogP contribution in [-0.2, 0) is 22.7 Å². The van der Waals surface area contributed by atoms with Gasteiger partial charge in [-0.1, -0.05) is 0 Å². The van der Waals surface area contributed by atoms with E-state index in [2.05, 4.69) is 9.97 Å². The molecule has 150 valence electrons. The fourth-order valence-corrected chi connectivity index (χ4v) is 4.27. The van der Waals surface area contributed by atoms with Crippen molar-refractivity contribution in [3.8, 4) is 5.75 Å². The van der Waals surface area contributed by atoms with Gasteiger partial charge in [0.05, 0.1) is 16.9 Å². The predicted octanol–water partition coefficient (Wildman–Crippen LogP) is 2.73. The van der Waals surface area contributed by atoms with Gasteiger partial charge in [-0.05, 0) is 19.4 Å². The summed E-state index contributed by atoms with van der Waals surface area (Å²) >= 11 is 1.07. The summed E-state index contributed by atoms with van der Waals surface area (Å²) in [5.41, 5.74) is 0.904. The molecule has 1 aliphatic rings. The van der Waals surface area contributed by atoms with E-state index in [-0.39, 0.29) is 36.1 Å². The Kier molecular flexibility index (Phi) is 4.76. The fraction of sp³-hybridized carbons (Fsp3) is 0.278. The first kappa shape index (κ1) is 19.0. The molecular weight excluding hydrogens is 402 g/mol. The molecule has 0 bridgehead atoms. The van der Waals surface area contributed by atoms with Gasteiger partial charge >= 0.3 is 5.97 Å². The summed E-state index contributed by atoms with van der Waals surface area (Å²) in [6, 6.07) is 2.68. The van der Waals surface area contributed by atoms with Gasteiger partial charge in [-0.3, -0.25) is 14.9 Å². The summed E-state index contributed by atoms with van der Waals surface area (Å²) < 4.78 is 16.0. The molecule has 0 aliphatic carbocycles. The number of benzene rings is 1. The fourth-order valence-electron chi connectivity index (χ4n) is 3.15. The maximum absolute atomic E-state index is 12.6. The lowest BCUT2D eigenvalue weighted by Gasteiger charge is -2.20. The number of non-ortho nitro benzene ring substituents is 1. The Bertz CT molecular complexity index is 1210. The molecule has 0 saturated heterocycles. The molecule has 10 nitrogen and oxygen atoms in total. The summed E-state index contributed by atoms with van der Waals surface area (Å²) in [4.78, 5) is 43.0. The number of aromatic nitrogens is 2. The number of carbonyl (C=O) groups excluding carboxylic acids is 1. The largest absolute Gasteiger partial charge is 0.467 e. The molecule has 0 unspecified atom stereocenters. The molecule has 0 saturated carbocycles. The maximum Gasteiger partial charge on any atom is 0.349 e. The van der Waals surface area contributed by atoms with E-state index in [1.54, 1.807) is 13.8 Å². The molecule has 3 heterocycles. The molecule has 1 N–H and O–H groups in total. The molecule has 29 heavy (non-hydrogen) atoms. The van der Waals surface area contributed by atoms with Gasteiger partial charge in [-0.2, -0.15) is 0 Å². The first-order valence-electron chi connectivity index (χ1n) is 8.53. The normalized spacial score (nSPS) is 13.0. The minimum Gasteiger partial charge on any atom is -0.467 e. The van der Waals surface area contributed by atoms with Gasteiger partial charge in [0.15, 0.2) is 6.79 Å². The van der Waals surface area contributed by atoms with Gasteiger partial charge in [0.1, 0.15) is 27.9 Å². The molecule has 0 radical (unpaired) electrons. The van der Waals surface area contributed by atoms with E-state index in [1.807, 2.05) is 0 Å². The van der Waals surface area contributed by atoms with Crippen molar-refractivity contribution in [1.29, 1.82) is 0 Å². The number of aromatic amines is 1. The quantitative estimate of drug-likeness (QED) is 0.389. The van der Waals surface area contributed by atoms with Crippen molar-refractivity contribution in [1.82, 2.24) is 9.97 Å². The van der Waals surface area contributed by atoms with Crippen molar-refractivity contribution >= 4 is 33.2 Å². The number of nitro benzene ring substituents is 1. The lowest BCUT2D eigenvalue weighted by atomic mass is 10.1. The van der Waals surface area contributed by atoms with E-state index in [1.165, 1.54) is 12.1 Å². The highest BCUT2D eigenvalue weighted by atomic mass is 32.1. The molecule has 4 rings (SSSR count). The lowest BCUT2D eigenvalue weighted by Crippen LogP contribution is -2.15. The zero-order valence-corrected chi connectivity index (χ0v) is 16.3. The number of nitro groups is 1. The summed E-state index contributed by atoms with van der Waals surface area (Å²) in [6.07, 6.45) is 0. The highest BCUT2D eigenvalue weighted by molar-refractivity contribution is 7.20. The van der Waals surface area contributed by atoms with E-state index in [0.29, 0.717) is 38.5 Å². The summed E-state index contributed by atoms with van der Waals surface area (Å²) in [6.45, 7) is 3.26. The van der Waals surface area contributed by atoms with E-state index >= 15 is 0 Å². The molecule has 0 atom stereocenters. The van der Waals surface area contributed by atoms with E-state index < -0.39 is 10.9 Å². The van der Waals surface area contributed by atoms with Gasteiger partial charge in [-0.15, -0.1) is 11.3 Å². The number of rotatable bonds is 4. The number of aryl methyl sites for hydroxylation is 2. The second-order valence-electron chi connectivity index (χ2n) is 6.42. The van der Waals surface area contributed by atoms with Crippen LogP contribution in [0.5, 0.6) is 5.75 Å². The summed E-state index contributed by atoms with van der Waals surface area (Å²) in [5, 5.41) is 11.5. The zero-order chi connectivity index (χ0) is 20.7. The molecule has 0 amide bonds. The molecule has 2 aromatic heterocycles. The molecular formula is C18H15N3O7S. The monoisotopic (exact) mass is 417 g/mol. The van der Waals surface area contributed by atoms with E-state index in [4.69, 9.17) is 14.2 Å². The van der Waals surface area contributed by atoms with Crippen LogP contribution in [0.3, 0.4) is 0 Å². The number of hydrogen-bond acceptors (Lipinski definition) is 9. The number of H-pyrrole nitrogens is 1. The van der Waals surface area contributed by atoms with Crippen LogP contribution >= 0.6 is 11.3 Å². The second-order valence-corrected chi connectivity index (χ2v) is 7.42. The Morgan fingerprint density at radius 2 is 2.21 bits per heavy atom. The number of ether oxygens (including phenoxy) is 3. The van der Waals surface area contributed by atoms with Crippen molar-refractivity contribution in [2.75, 3.05) is 6.79 Å². The van der Waals surface area contributed by atoms with Crippen LogP contribution in [0, 0.1) is 24.0 Å². The molecule has 3 aromatic rings. The van der Waals surface area contributed by atoms with Crippen LogP contribution in [0.25, 0.3) is 10.2 Å². The summed E-state index contributed by atoms with van der Waals surface area (Å²) in [7, 11) is 0. The van der Waals surface area contributed by atoms with Crippen LogP contribution in [0.15, 0.2) is 16.9 Å². The Labute approximate surface area is 167 Å². The van der Waals surface area contributed by atoms with Gasteiger partial charge in [0.25, 0.3) is 11.2 Å². The SMILES string of the molecule is Cc1nc2sc(C(=O)OCc3cc([N+](=O)[O-])cc4c3OCOC4)c(C)c2c(=O)[nH]1. The minimum atomic E-state index is -0.644. The van der Waals surface area contributed by atoms with Crippen LogP contribution in [0.1, 0.15) is 32.2 Å². The Morgan fingerprint density at radius 3 is 2.97 bits per heavy atom. The minimum absolute atomic E-state index is 0.00891. The van der Waals surface area contributed by atoms with Crippen molar-refractivity contribution in [2.45, 2.75) is 27.1 Å². The van der Waals surface area contributed by atoms with Crippen LogP contribution < -0.4 is 10.3 Å². The van der Waals surface area contributed by atoms with Gasteiger partial charge in [0, 0.05) is 23.3 Å². The predicted molar refractivity (Wildman–Crippen MR) is 102 cm³/mol. The van der Waals surface area contributed by atoms with E-state index in [0.717, 1.165) is 11.3 Å². The Balaban J connectivity index is 1.64. The summed E-state index contributed by atoms with van der Waals surface area (Å²) in [5.74, 6) is 0.220. The maximum atomic E-state index is 12.6. The first-order valence-corrected chi connectivity index (χ1v) is 9.34. The Morgan fingerprint density at radius 1 is 1.41 bits per heavy atom. The zero-order valence-electron chi connectivity index (χ0n) is 15.4. The third-order valence-corrected chi connectivity index (χ3v) is 5.61. The van der Waals surface area contributed by atoms with E-state index in [9.17, 15) is 19.7 Å². The average molecular weight is 417 g/mol. The van der Waals surface area contributed by atoms with Crippen molar-refractivity contribution in [3.63, 3.8) is 0 Å². The molecule has 1 aromatic carbocycles. The van der Waals surface area contributed by atoms with Crippen LogP contribution in [-0.4, -0.2) is 27.7 Å². The van der Waals surface area contributed by atoms with Crippen LogP contribution in [0.4, 0.5) is 5.69 Å². The topological polar surface area (TPSA) is 134 Å². The van der Waals surface area contributed by atoms with Gasteiger partial charge < -0.3 is 19.2 Å². The molecule has 0 fully saturated rings.